The average Bonchev–Trinajstić information content (AvgIpc) is 3.15. The van der Waals surface area contributed by atoms with Gasteiger partial charge in [0.25, 0.3) is 0 Å². The second-order valence-electron chi connectivity index (χ2n) is 6.89. The van der Waals surface area contributed by atoms with Gasteiger partial charge in [-0.25, -0.2) is 4.79 Å². The maximum absolute atomic E-state index is 12.7. The summed E-state index contributed by atoms with van der Waals surface area (Å²) < 4.78 is 5.21. The van der Waals surface area contributed by atoms with E-state index < -0.39 is 30.1 Å². The molecule has 156 valence electrons. The summed E-state index contributed by atoms with van der Waals surface area (Å²) in [6.07, 6.45) is 1.17. The fourth-order valence-electron chi connectivity index (χ4n) is 3.01. The van der Waals surface area contributed by atoms with Crippen LogP contribution in [0.2, 0.25) is 0 Å². The monoisotopic (exact) mass is 409 g/mol. The van der Waals surface area contributed by atoms with Crippen molar-refractivity contribution >= 4 is 28.9 Å². The second kappa shape index (κ2) is 9.60. The van der Waals surface area contributed by atoms with Crippen LogP contribution in [0.15, 0.2) is 60.8 Å². The van der Waals surface area contributed by atoms with E-state index >= 15 is 0 Å². The zero-order chi connectivity index (χ0) is 21.5. The van der Waals surface area contributed by atoms with E-state index in [0.717, 1.165) is 22.0 Å². The predicted molar refractivity (Wildman–Crippen MR) is 111 cm³/mol. The van der Waals surface area contributed by atoms with Crippen molar-refractivity contribution in [1.29, 1.82) is 0 Å². The van der Waals surface area contributed by atoms with E-state index in [-0.39, 0.29) is 13.0 Å². The number of benzene rings is 2. The molecule has 3 aromatic rings. The Morgan fingerprint density at radius 3 is 2.47 bits per heavy atom. The number of amides is 2. The van der Waals surface area contributed by atoms with Crippen molar-refractivity contribution in [3.05, 3.63) is 71.9 Å². The zero-order valence-electron chi connectivity index (χ0n) is 16.4. The Balaban J connectivity index is 1.72. The zero-order valence-corrected chi connectivity index (χ0v) is 16.4. The number of aromatic nitrogens is 1. The quantitative estimate of drug-likeness (QED) is 0.456. The van der Waals surface area contributed by atoms with Crippen molar-refractivity contribution in [2.75, 3.05) is 0 Å². The molecule has 2 aromatic carbocycles. The summed E-state index contributed by atoms with van der Waals surface area (Å²) >= 11 is 0. The highest BCUT2D eigenvalue weighted by molar-refractivity contribution is 5.90. The summed E-state index contributed by atoms with van der Waals surface area (Å²) in [7, 11) is 0. The van der Waals surface area contributed by atoms with Gasteiger partial charge in [0.2, 0.25) is 5.91 Å². The van der Waals surface area contributed by atoms with Crippen LogP contribution < -0.4 is 10.6 Å². The summed E-state index contributed by atoms with van der Waals surface area (Å²) in [5.74, 6) is -1.77. The molecule has 4 N–H and O–H groups in total. The molecule has 0 aliphatic carbocycles. The largest absolute Gasteiger partial charge is 0.480 e. The molecule has 0 bridgehead atoms. The molecule has 2 unspecified atom stereocenters. The van der Waals surface area contributed by atoms with Gasteiger partial charge in [-0.3, -0.25) is 9.59 Å². The van der Waals surface area contributed by atoms with Crippen LogP contribution in [0.25, 0.3) is 10.9 Å². The van der Waals surface area contributed by atoms with Gasteiger partial charge in [-0.2, -0.15) is 0 Å². The smallest absolute Gasteiger partial charge is 0.408 e. The molecule has 0 fully saturated rings. The Labute approximate surface area is 173 Å². The number of hydrogen-bond donors (Lipinski definition) is 4. The number of rotatable bonds is 8. The molecule has 0 saturated carbocycles. The Hall–Kier alpha value is -3.81. The number of ether oxygens (including phenoxy) is 1. The van der Waals surface area contributed by atoms with Crippen LogP contribution in [0.3, 0.4) is 0 Å². The minimum Gasteiger partial charge on any atom is -0.480 e. The minimum absolute atomic E-state index is 0.0552. The lowest BCUT2D eigenvalue weighted by atomic mass is 10.0. The van der Waals surface area contributed by atoms with Gasteiger partial charge >= 0.3 is 12.1 Å². The molecular weight excluding hydrogens is 386 g/mol. The van der Waals surface area contributed by atoms with Crippen molar-refractivity contribution < 1.29 is 24.2 Å². The third-order valence-electron chi connectivity index (χ3n) is 4.65. The van der Waals surface area contributed by atoms with Crippen LogP contribution >= 0.6 is 0 Å². The van der Waals surface area contributed by atoms with Gasteiger partial charge in [-0.15, -0.1) is 0 Å². The number of aliphatic carboxylic acids is 1. The van der Waals surface area contributed by atoms with E-state index in [9.17, 15) is 14.4 Å². The highest BCUT2D eigenvalue weighted by Crippen LogP contribution is 2.19. The molecule has 2 amide bonds. The van der Waals surface area contributed by atoms with Crippen LogP contribution in [0.1, 0.15) is 18.1 Å². The van der Waals surface area contributed by atoms with Crippen LogP contribution in [0.4, 0.5) is 4.79 Å². The van der Waals surface area contributed by atoms with E-state index in [0.29, 0.717) is 0 Å². The van der Waals surface area contributed by atoms with Gasteiger partial charge in [-0.05, 0) is 24.1 Å². The predicted octanol–water partition coefficient (Wildman–Crippen LogP) is 2.59. The molecule has 3 rings (SSSR count). The number of para-hydroxylation sites is 1. The van der Waals surface area contributed by atoms with Crippen molar-refractivity contribution in [1.82, 2.24) is 15.6 Å². The van der Waals surface area contributed by atoms with Gasteiger partial charge in [0.15, 0.2) is 0 Å². The van der Waals surface area contributed by atoms with Crippen molar-refractivity contribution in [2.24, 2.45) is 0 Å². The first-order valence-electron chi connectivity index (χ1n) is 9.49. The molecule has 8 heteroatoms. The molecule has 8 nitrogen and oxygen atoms in total. The van der Waals surface area contributed by atoms with Crippen molar-refractivity contribution in [3.8, 4) is 0 Å². The van der Waals surface area contributed by atoms with Crippen molar-refractivity contribution in [2.45, 2.75) is 32.0 Å². The van der Waals surface area contributed by atoms with E-state index in [2.05, 4.69) is 15.6 Å². The Morgan fingerprint density at radius 2 is 1.73 bits per heavy atom. The molecule has 30 heavy (non-hydrogen) atoms. The topological polar surface area (TPSA) is 121 Å². The van der Waals surface area contributed by atoms with E-state index in [4.69, 9.17) is 9.84 Å². The molecule has 0 saturated heterocycles. The average molecular weight is 409 g/mol. The lowest BCUT2D eigenvalue weighted by Gasteiger charge is -2.19. The number of carboxylic acids is 1. The van der Waals surface area contributed by atoms with Crippen molar-refractivity contribution in [3.63, 3.8) is 0 Å². The van der Waals surface area contributed by atoms with E-state index in [1.807, 2.05) is 54.6 Å². The summed E-state index contributed by atoms with van der Waals surface area (Å²) in [5, 5.41) is 14.9. The van der Waals surface area contributed by atoms with Gasteiger partial charge in [0.05, 0.1) is 0 Å². The third-order valence-corrected chi connectivity index (χ3v) is 4.65. The Kier molecular flexibility index (Phi) is 6.69. The number of hydrogen-bond acceptors (Lipinski definition) is 4. The number of alkyl carbamates (subject to hydrolysis) is 1. The van der Waals surface area contributed by atoms with Crippen LogP contribution in [0.5, 0.6) is 0 Å². The Bertz CT molecular complexity index is 1030. The number of nitrogens with one attached hydrogen (secondary N) is 3. The van der Waals surface area contributed by atoms with E-state index in [1.54, 1.807) is 6.20 Å². The fourth-order valence-corrected chi connectivity index (χ4v) is 3.01. The SMILES string of the molecule is CC(NC(=O)C(Cc1c[nH]c2ccccc12)NC(=O)OCc1ccccc1)C(=O)O. The minimum atomic E-state index is -1.17. The lowest BCUT2D eigenvalue weighted by Crippen LogP contribution is -2.51. The maximum Gasteiger partial charge on any atom is 0.408 e. The van der Waals surface area contributed by atoms with Gasteiger partial charge in [0.1, 0.15) is 18.7 Å². The molecule has 0 spiro atoms. The Morgan fingerprint density at radius 1 is 1.03 bits per heavy atom. The number of carbonyl (C=O) groups excluding carboxylic acids is 2. The standard InChI is InChI=1S/C22H23N3O5/c1-14(21(27)28)24-20(26)19(11-16-12-23-18-10-6-5-9-17(16)18)25-22(29)30-13-15-7-3-2-4-8-15/h2-10,12,14,19,23H,11,13H2,1H3,(H,24,26)(H,25,29)(H,27,28). The molecule has 2 atom stereocenters. The summed E-state index contributed by atoms with van der Waals surface area (Å²) in [6, 6.07) is 14.6. The molecule has 1 aromatic heterocycles. The van der Waals surface area contributed by atoms with Gasteiger partial charge < -0.3 is 25.5 Å². The summed E-state index contributed by atoms with van der Waals surface area (Å²) in [5.41, 5.74) is 2.53. The first-order chi connectivity index (χ1) is 14.4. The van der Waals surface area contributed by atoms with E-state index in [1.165, 1.54) is 6.92 Å². The maximum atomic E-state index is 12.7. The fraction of sp³-hybridized carbons (Fsp3) is 0.227. The van der Waals surface area contributed by atoms with Gasteiger partial charge in [0, 0.05) is 23.5 Å². The summed E-state index contributed by atoms with van der Waals surface area (Å²) in [6.45, 7) is 1.41. The number of fused-ring (bicyclic) bond motifs is 1. The number of carbonyl (C=O) groups is 3. The first-order valence-corrected chi connectivity index (χ1v) is 9.49. The molecule has 1 heterocycles. The first kappa shape index (κ1) is 20.9. The van der Waals surface area contributed by atoms with Gasteiger partial charge in [-0.1, -0.05) is 48.5 Å². The number of H-pyrrole nitrogens is 1. The lowest BCUT2D eigenvalue weighted by molar-refractivity contribution is -0.141. The number of aromatic amines is 1. The second-order valence-corrected chi connectivity index (χ2v) is 6.89. The van der Waals surface area contributed by atoms with Crippen LogP contribution in [-0.2, 0) is 27.4 Å². The molecule has 0 radical (unpaired) electrons. The number of carboxylic acid groups (broad SMARTS) is 1. The summed E-state index contributed by atoms with van der Waals surface area (Å²) in [4.78, 5) is 39.2. The molecule has 0 aliphatic heterocycles. The third kappa shape index (κ3) is 5.38. The highest BCUT2D eigenvalue weighted by atomic mass is 16.5. The molecule has 0 aliphatic rings. The van der Waals surface area contributed by atoms with Crippen LogP contribution in [0, 0.1) is 0 Å². The normalized spacial score (nSPS) is 12.7. The highest BCUT2D eigenvalue weighted by Gasteiger charge is 2.26. The van der Waals surface area contributed by atoms with Crippen LogP contribution in [-0.4, -0.2) is 40.1 Å². The molecular formula is C22H23N3O5.